The number of benzene rings is 2. The van der Waals surface area contributed by atoms with Gasteiger partial charge in [-0.05, 0) is 49.1 Å². The van der Waals surface area contributed by atoms with E-state index in [2.05, 4.69) is 86.6 Å². The molecule has 1 N–H and O–H groups in total. The molecule has 0 aromatic heterocycles. The third-order valence-electron chi connectivity index (χ3n) is 4.70. The molecule has 1 aliphatic rings. The highest BCUT2D eigenvalue weighted by Gasteiger charge is 2.21. The number of aryl methyl sites for hydroxylation is 1. The number of nitrogens with one attached hydrogen (secondary N) is 1. The topological polar surface area (TPSA) is 15.3 Å². The number of hydrogen-bond donors (Lipinski definition) is 1. The standard InChI is InChI=1S/C22H26N2/c1-15(2)17(4)23-20-9-8-19-12-13-24(18(5)22(19)14-20)21-10-6-16(3)7-11-21/h6-11,14-15,23H,4-5,12-13H2,1-3H3. The largest absolute Gasteiger partial charge is 0.359 e. The van der Waals surface area contributed by atoms with Gasteiger partial charge in [-0.25, -0.2) is 0 Å². The van der Waals surface area contributed by atoms with Crippen molar-refractivity contribution in [1.82, 2.24) is 0 Å². The minimum absolute atomic E-state index is 0.410. The van der Waals surface area contributed by atoms with E-state index in [1.54, 1.807) is 0 Å². The molecule has 1 aliphatic heterocycles. The van der Waals surface area contributed by atoms with Crippen LogP contribution < -0.4 is 10.2 Å². The zero-order valence-corrected chi connectivity index (χ0v) is 14.9. The summed E-state index contributed by atoms with van der Waals surface area (Å²) in [7, 11) is 0. The van der Waals surface area contributed by atoms with Gasteiger partial charge in [0.25, 0.3) is 0 Å². The van der Waals surface area contributed by atoms with Crippen LogP contribution in [0.2, 0.25) is 0 Å². The van der Waals surface area contributed by atoms with E-state index in [0.29, 0.717) is 5.92 Å². The monoisotopic (exact) mass is 318 g/mol. The van der Waals surface area contributed by atoms with Gasteiger partial charge in [-0.2, -0.15) is 0 Å². The number of rotatable bonds is 4. The van der Waals surface area contributed by atoms with Crippen LogP contribution in [0.5, 0.6) is 0 Å². The van der Waals surface area contributed by atoms with Gasteiger partial charge in [0.2, 0.25) is 0 Å². The summed E-state index contributed by atoms with van der Waals surface area (Å²) in [5, 5.41) is 3.42. The molecule has 0 fully saturated rings. The van der Waals surface area contributed by atoms with Gasteiger partial charge in [0.1, 0.15) is 0 Å². The SMILES string of the molecule is C=C(Nc1ccc2c(c1)C(=C)N(c1ccc(C)cc1)CC2)C(C)C. The molecule has 0 aliphatic carbocycles. The first-order valence-electron chi connectivity index (χ1n) is 8.58. The second-order valence-electron chi connectivity index (χ2n) is 6.86. The molecule has 0 atom stereocenters. The molecular formula is C22H26N2. The van der Waals surface area contributed by atoms with Crippen LogP contribution in [-0.4, -0.2) is 6.54 Å². The van der Waals surface area contributed by atoms with Crippen molar-refractivity contribution in [3.63, 3.8) is 0 Å². The van der Waals surface area contributed by atoms with Crippen molar-refractivity contribution in [2.24, 2.45) is 5.92 Å². The summed E-state index contributed by atoms with van der Waals surface area (Å²) in [4.78, 5) is 2.31. The summed E-state index contributed by atoms with van der Waals surface area (Å²) < 4.78 is 0. The Morgan fingerprint density at radius 2 is 1.83 bits per heavy atom. The predicted octanol–water partition coefficient (Wildman–Crippen LogP) is 5.61. The average Bonchev–Trinajstić information content (AvgIpc) is 2.56. The van der Waals surface area contributed by atoms with Crippen LogP contribution in [0.25, 0.3) is 5.70 Å². The van der Waals surface area contributed by atoms with Crippen molar-refractivity contribution in [1.29, 1.82) is 0 Å². The summed E-state index contributed by atoms with van der Waals surface area (Å²) in [6.45, 7) is 15.9. The Balaban J connectivity index is 1.88. The number of hydrogen-bond acceptors (Lipinski definition) is 2. The Labute approximate surface area is 145 Å². The van der Waals surface area contributed by atoms with Gasteiger partial charge in [-0.1, -0.05) is 50.8 Å². The highest BCUT2D eigenvalue weighted by atomic mass is 15.1. The third kappa shape index (κ3) is 3.23. The molecule has 2 aromatic carbocycles. The highest BCUT2D eigenvalue weighted by molar-refractivity contribution is 5.82. The van der Waals surface area contributed by atoms with Crippen LogP contribution in [0.3, 0.4) is 0 Å². The van der Waals surface area contributed by atoms with Gasteiger partial charge >= 0.3 is 0 Å². The highest BCUT2D eigenvalue weighted by Crippen LogP contribution is 2.34. The number of allylic oxidation sites excluding steroid dienone is 1. The zero-order valence-electron chi connectivity index (χ0n) is 14.9. The van der Waals surface area contributed by atoms with Crippen LogP contribution in [0.1, 0.15) is 30.5 Å². The molecule has 0 saturated carbocycles. The minimum Gasteiger partial charge on any atom is -0.359 e. The molecule has 2 aromatic rings. The Bertz CT molecular complexity index is 769. The van der Waals surface area contributed by atoms with Crippen LogP contribution in [0.4, 0.5) is 11.4 Å². The normalized spacial score (nSPS) is 13.8. The molecule has 2 nitrogen and oxygen atoms in total. The van der Waals surface area contributed by atoms with Crippen LogP contribution in [0, 0.1) is 12.8 Å². The van der Waals surface area contributed by atoms with Crippen molar-refractivity contribution in [2.75, 3.05) is 16.8 Å². The van der Waals surface area contributed by atoms with Crippen molar-refractivity contribution in [2.45, 2.75) is 27.2 Å². The second-order valence-corrected chi connectivity index (χ2v) is 6.86. The maximum Gasteiger partial charge on any atom is 0.0415 e. The van der Waals surface area contributed by atoms with Crippen LogP contribution in [-0.2, 0) is 6.42 Å². The molecule has 0 saturated heterocycles. The second kappa shape index (κ2) is 6.56. The lowest BCUT2D eigenvalue weighted by atomic mass is 9.95. The molecule has 1 heterocycles. The molecule has 0 amide bonds. The summed E-state index contributed by atoms with van der Waals surface area (Å²) >= 11 is 0. The van der Waals surface area contributed by atoms with E-state index >= 15 is 0 Å². The van der Waals surface area contributed by atoms with Gasteiger partial charge in [-0.3, -0.25) is 0 Å². The molecule has 0 unspecified atom stereocenters. The first kappa shape index (κ1) is 16.4. The number of fused-ring (bicyclic) bond motifs is 1. The Hall–Kier alpha value is -2.48. The number of nitrogens with zero attached hydrogens (tertiary/aromatic N) is 1. The van der Waals surface area contributed by atoms with Gasteiger partial charge in [0.15, 0.2) is 0 Å². The van der Waals surface area contributed by atoms with E-state index in [1.807, 2.05) is 0 Å². The van der Waals surface area contributed by atoms with E-state index in [0.717, 1.165) is 30.0 Å². The van der Waals surface area contributed by atoms with Crippen LogP contribution in [0.15, 0.2) is 61.3 Å². The van der Waals surface area contributed by atoms with E-state index in [4.69, 9.17) is 0 Å². The molecule has 0 spiro atoms. The van der Waals surface area contributed by atoms with Crippen molar-refractivity contribution in [3.8, 4) is 0 Å². The van der Waals surface area contributed by atoms with E-state index in [-0.39, 0.29) is 0 Å². The van der Waals surface area contributed by atoms with E-state index in [1.165, 1.54) is 22.4 Å². The van der Waals surface area contributed by atoms with Gasteiger partial charge in [-0.15, -0.1) is 0 Å². The first-order valence-corrected chi connectivity index (χ1v) is 8.58. The molecule has 3 rings (SSSR count). The fraction of sp³-hybridized carbons (Fsp3) is 0.273. The summed E-state index contributed by atoms with van der Waals surface area (Å²) in [6.07, 6.45) is 1.04. The Morgan fingerprint density at radius 3 is 2.50 bits per heavy atom. The molecule has 0 radical (unpaired) electrons. The van der Waals surface area contributed by atoms with Crippen molar-refractivity contribution >= 4 is 17.1 Å². The van der Waals surface area contributed by atoms with Gasteiger partial charge in [0.05, 0.1) is 0 Å². The Morgan fingerprint density at radius 1 is 1.12 bits per heavy atom. The molecule has 24 heavy (non-hydrogen) atoms. The number of anilines is 2. The molecule has 124 valence electrons. The van der Waals surface area contributed by atoms with Crippen LogP contribution >= 0.6 is 0 Å². The summed E-state index contributed by atoms with van der Waals surface area (Å²) in [5.41, 5.74) is 8.26. The fourth-order valence-electron chi connectivity index (χ4n) is 2.99. The maximum absolute atomic E-state index is 4.37. The Kier molecular flexibility index (Phi) is 4.48. The lowest BCUT2D eigenvalue weighted by Crippen LogP contribution is -2.28. The average molecular weight is 318 g/mol. The van der Waals surface area contributed by atoms with E-state index < -0.39 is 0 Å². The van der Waals surface area contributed by atoms with E-state index in [9.17, 15) is 0 Å². The lowest BCUT2D eigenvalue weighted by molar-refractivity contribution is 0.778. The van der Waals surface area contributed by atoms with Gasteiger partial charge in [0, 0.05) is 34.9 Å². The van der Waals surface area contributed by atoms with Crippen molar-refractivity contribution in [3.05, 3.63) is 78.0 Å². The van der Waals surface area contributed by atoms with Crippen molar-refractivity contribution < 1.29 is 0 Å². The molecule has 0 bridgehead atoms. The minimum atomic E-state index is 0.410. The predicted molar refractivity (Wildman–Crippen MR) is 105 cm³/mol. The summed E-state index contributed by atoms with van der Waals surface area (Å²) in [5.74, 6) is 0.410. The lowest BCUT2D eigenvalue weighted by Gasteiger charge is -2.33. The third-order valence-corrected chi connectivity index (χ3v) is 4.70. The first-order chi connectivity index (χ1) is 11.5. The summed E-state index contributed by atoms with van der Waals surface area (Å²) in [6, 6.07) is 15.2. The fourth-order valence-corrected chi connectivity index (χ4v) is 2.99. The molecule has 2 heteroatoms. The zero-order chi connectivity index (χ0) is 17.3. The molecular weight excluding hydrogens is 292 g/mol. The quantitative estimate of drug-likeness (QED) is 0.788. The smallest absolute Gasteiger partial charge is 0.0415 e. The maximum atomic E-state index is 4.37. The van der Waals surface area contributed by atoms with Gasteiger partial charge < -0.3 is 10.2 Å².